The molecular weight excluding hydrogens is 585 g/mol. The molecule has 0 aromatic heterocycles. The summed E-state index contributed by atoms with van der Waals surface area (Å²) in [6, 6.07) is 0. The van der Waals surface area contributed by atoms with E-state index in [9.17, 15) is 26.7 Å². The van der Waals surface area contributed by atoms with Gasteiger partial charge in [-0.1, -0.05) is 168 Å². The molecule has 0 amide bonds. The highest BCUT2D eigenvalue weighted by Gasteiger charge is 2.24. The van der Waals surface area contributed by atoms with E-state index in [4.69, 9.17) is 0 Å². The van der Waals surface area contributed by atoms with Crippen LogP contribution in [0.4, 0.5) is 0 Å². The van der Waals surface area contributed by atoms with Crippen molar-refractivity contribution in [2.24, 2.45) is 0 Å². The van der Waals surface area contributed by atoms with Gasteiger partial charge >= 0.3 is 5.97 Å². The third-order valence-corrected chi connectivity index (χ3v) is 11.0. The first-order valence-corrected chi connectivity index (χ1v) is 21.1. The van der Waals surface area contributed by atoms with Crippen LogP contribution in [0.3, 0.4) is 0 Å². The lowest BCUT2D eigenvalue weighted by molar-refractivity contribution is -0.137. The molecule has 0 aromatic rings. The number of carbonyl (C=O) groups is 1. The van der Waals surface area contributed by atoms with Crippen LogP contribution in [-0.4, -0.2) is 45.6 Å². The maximum Gasteiger partial charge on any atom is 0.306 e. The zero-order valence-corrected chi connectivity index (χ0v) is 29.5. The Hall–Kier alpha value is -0.710. The standard InChI is InChI=1S/C33H68N2O6S2/c1-3-5-7-9-11-13-15-17-19-21-23-25-27-29-42(38,39)34-32(31-33(36)37)35-43(40,41)30-28-26-24-22-20-18-16-14-12-10-8-6-4-2/h32,34-35H,3-31H2,1-2H3,(H,36,37). The molecule has 0 aliphatic heterocycles. The molecule has 0 rings (SSSR count). The molecule has 43 heavy (non-hydrogen) atoms. The van der Waals surface area contributed by atoms with E-state index in [0.29, 0.717) is 12.8 Å². The number of hydrogen-bond donors (Lipinski definition) is 3. The van der Waals surface area contributed by atoms with Crippen molar-refractivity contribution in [3.05, 3.63) is 0 Å². The van der Waals surface area contributed by atoms with Gasteiger partial charge in [-0.2, -0.15) is 9.44 Å². The predicted octanol–water partition coefficient (Wildman–Crippen LogP) is 8.81. The topological polar surface area (TPSA) is 130 Å². The Balaban J connectivity index is 4.08. The average molecular weight is 653 g/mol. The first-order chi connectivity index (χ1) is 20.6. The molecule has 0 aliphatic carbocycles. The first-order valence-electron chi connectivity index (χ1n) is 17.8. The molecule has 0 spiro atoms. The third-order valence-electron chi connectivity index (χ3n) is 8.06. The van der Waals surface area contributed by atoms with Crippen molar-refractivity contribution in [1.82, 2.24) is 9.44 Å². The summed E-state index contributed by atoms with van der Waals surface area (Å²) in [6.07, 6.45) is 27.8. The molecule has 0 saturated carbocycles. The fourth-order valence-corrected chi connectivity index (χ4v) is 8.08. The normalized spacial score (nSPS) is 12.3. The van der Waals surface area contributed by atoms with Crippen LogP contribution in [0.5, 0.6) is 0 Å². The highest BCUT2D eigenvalue weighted by molar-refractivity contribution is 7.90. The molecule has 0 aromatic carbocycles. The summed E-state index contributed by atoms with van der Waals surface area (Å²) in [6.45, 7) is 4.46. The largest absolute Gasteiger partial charge is 0.481 e. The predicted molar refractivity (Wildman–Crippen MR) is 181 cm³/mol. The second-order valence-corrected chi connectivity index (χ2v) is 16.3. The first kappa shape index (κ1) is 42.3. The summed E-state index contributed by atoms with van der Waals surface area (Å²) in [5.74, 6) is -1.54. The van der Waals surface area contributed by atoms with E-state index in [1.165, 1.54) is 116 Å². The van der Waals surface area contributed by atoms with Gasteiger partial charge in [0.15, 0.2) is 0 Å². The van der Waals surface area contributed by atoms with Crippen molar-refractivity contribution in [1.29, 1.82) is 0 Å². The second-order valence-electron chi connectivity index (χ2n) is 12.5. The molecule has 0 atom stereocenters. The fraction of sp³-hybridized carbons (Fsp3) is 0.970. The van der Waals surface area contributed by atoms with Gasteiger partial charge in [-0.15, -0.1) is 0 Å². The van der Waals surface area contributed by atoms with Crippen molar-refractivity contribution < 1.29 is 26.7 Å². The van der Waals surface area contributed by atoms with Gasteiger partial charge in [-0.25, -0.2) is 16.8 Å². The third kappa shape index (κ3) is 31.1. The number of rotatable bonds is 34. The summed E-state index contributed by atoms with van der Waals surface area (Å²) in [4.78, 5) is 11.3. The molecule has 0 aliphatic rings. The summed E-state index contributed by atoms with van der Waals surface area (Å²) in [5, 5.41) is 9.21. The summed E-state index contributed by atoms with van der Waals surface area (Å²) < 4.78 is 54.8. The van der Waals surface area contributed by atoms with Gasteiger partial charge in [0.25, 0.3) is 0 Å². The molecule has 0 fully saturated rings. The van der Waals surface area contributed by atoms with E-state index in [1.807, 2.05) is 0 Å². The Labute approximate surface area is 266 Å². The van der Waals surface area contributed by atoms with Crippen molar-refractivity contribution in [3.63, 3.8) is 0 Å². The van der Waals surface area contributed by atoms with Gasteiger partial charge in [-0.3, -0.25) is 4.79 Å². The Morgan fingerprint density at radius 2 is 0.698 bits per heavy atom. The maximum absolute atomic E-state index is 12.6. The molecular formula is C33H68N2O6S2. The molecule has 0 radical (unpaired) electrons. The minimum absolute atomic E-state index is 0.137. The maximum atomic E-state index is 12.6. The smallest absolute Gasteiger partial charge is 0.306 e. The number of sulfonamides is 2. The zero-order valence-electron chi connectivity index (χ0n) is 27.9. The molecule has 0 heterocycles. The average Bonchev–Trinajstić information content (AvgIpc) is 2.93. The van der Waals surface area contributed by atoms with E-state index in [2.05, 4.69) is 23.3 Å². The van der Waals surface area contributed by atoms with E-state index in [-0.39, 0.29) is 11.5 Å². The Morgan fingerprint density at radius 3 is 0.930 bits per heavy atom. The molecule has 0 saturated heterocycles. The van der Waals surface area contributed by atoms with Gasteiger partial charge < -0.3 is 5.11 Å². The van der Waals surface area contributed by atoms with Gasteiger partial charge in [0, 0.05) is 0 Å². The van der Waals surface area contributed by atoms with E-state index < -0.39 is 38.6 Å². The minimum Gasteiger partial charge on any atom is -0.481 e. The van der Waals surface area contributed by atoms with Crippen LogP contribution in [0, 0.1) is 0 Å². The highest BCUT2D eigenvalue weighted by atomic mass is 32.2. The lowest BCUT2D eigenvalue weighted by Crippen LogP contribution is -2.50. The van der Waals surface area contributed by atoms with Gasteiger partial charge in [0.2, 0.25) is 20.0 Å². The molecule has 8 nitrogen and oxygen atoms in total. The Bertz CT molecular complexity index is 787. The van der Waals surface area contributed by atoms with Gasteiger partial charge in [0.05, 0.1) is 24.1 Å². The number of nitrogens with one attached hydrogen (secondary N) is 2. The monoisotopic (exact) mass is 652 g/mol. The van der Waals surface area contributed by atoms with Crippen LogP contribution in [0.1, 0.15) is 187 Å². The molecule has 0 bridgehead atoms. The van der Waals surface area contributed by atoms with Crippen LogP contribution in [0.2, 0.25) is 0 Å². The summed E-state index contributed by atoms with van der Waals surface area (Å²) in [5.41, 5.74) is 0. The van der Waals surface area contributed by atoms with Crippen LogP contribution in [0.25, 0.3) is 0 Å². The second kappa shape index (κ2) is 28.7. The number of hydrogen-bond acceptors (Lipinski definition) is 5. The summed E-state index contributed by atoms with van der Waals surface area (Å²) in [7, 11) is -7.60. The van der Waals surface area contributed by atoms with Gasteiger partial charge in [-0.05, 0) is 12.8 Å². The number of aliphatic carboxylic acids is 1. The Kier molecular flexibility index (Phi) is 28.3. The minimum atomic E-state index is -3.80. The molecule has 10 heteroatoms. The van der Waals surface area contributed by atoms with Crippen molar-refractivity contribution in [2.45, 2.75) is 193 Å². The van der Waals surface area contributed by atoms with Crippen LogP contribution in [-0.2, 0) is 24.8 Å². The lowest BCUT2D eigenvalue weighted by Gasteiger charge is -2.19. The van der Waals surface area contributed by atoms with Crippen molar-refractivity contribution in [3.8, 4) is 0 Å². The highest BCUT2D eigenvalue weighted by Crippen LogP contribution is 2.14. The van der Waals surface area contributed by atoms with E-state index in [1.54, 1.807) is 0 Å². The zero-order chi connectivity index (χ0) is 32.1. The molecule has 258 valence electrons. The summed E-state index contributed by atoms with van der Waals surface area (Å²) >= 11 is 0. The fourth-order valence-electron chi connectivity index (χ4n) is 5.45. The number of carboxylic acid groups (broad SMARTS) is 1. The molecule has 0 unspecified atom stereocenters. The quantitative estimate of drug-likeness (QED) is 0.0470. The lowest BCUT2D eigenvalue weighted by atomic mass is 10.1. The number of unbranched alkanes of at least 4 members (excludes halogenated alkanes) is 24. The number of carboxylic acids is 1. The van der Waals surface area contributed by atoms with Crippen LogP contribution in [0.15, 0.2) is 0 Å². The Morgan fingerprint density at radius 1 is 0.465 bits per heavy atom. The van der Waals surface area contributed by atoms with Crippen molar-refractivity contribution in [2.75, 3.05) is 11.5 Å². The van der Waals surface area contributed by atoms with Crippen LogP contribution >= 0.6 is 0 Å². The van der Waals surface area contributed by atoms with E-state index in [0.717, 1.165) is 38.5 Å². The van der Waals surface area contributed by atoms with Crippen molar-refractivity contribution >= 4 is 26.0 Å². The van der Waals surface area contributed by atoms with E-state index >= 15 is 0 Å². The van der Waals surface area contributed by atoms with Crippen LogP contribution < -0.4 is 9.44 Å². The van der Waals surface area contributed by atoms with Gasteiger partial charge in [0.1, 0.15) is 0 Å². The SMILES string of the molecule is CCCCCCCCCCCCCCCS(=O)(=O)NC(CC(=O)O)NS(=O)(=O)CCCCCCCCCCCCCCC. The molecule has 3 N–H and O–H groups in total.